The lowest BCUT2D eigenvalue weighted by atomic mass is 9.95. The molecule has 10 heteroatoms. The van der Waals surface area contributed by atoms with E-state index >= 15 is 0 Å². The van der Waals surface area contributed by atoms with Gasteiger partial charge in [-0.25, -0.2) is 14.8 Å². The number of carboxylic acid groups (broad SMARTS) is 1. The number of aliphatic carboxylic acids is 1. The number of hydrogen-bond acceptors (Lipinski definition) is 7. The van der Waals surface area contributed by atoms with Crippen molar-refractivity contribution in [3.05, 3.63) is 124 Å². The zero-order chi connectivity index (χ0) is 38.7. The van der Waals surface area contributed by atoms with Gasteiger partial charge < -0.3 is 20.5 Å². The molecule has 9 nitrogen and oxygen atoms in total. The average molecular weight is 747 g/mol. The van der Waals surface area contributed by atoms with Crippen LogP contribution in [0.2, 0.25) is 0 Å². The Balaban J connectivity index is 1.27. The number of nitrogens with one attached hydrogen (secondary N) is 2. The summed E-state index contributed by atoms with van der Waals surface area (Å²) >= 11 is 1.37. The number of hydrogen-bond donors (Lipinski definition) is 3. The van der Waals surface area contributed by atoms with E-state index in [9.17, 15) is 19.5 Å². The Kier molecular flexibility index (Phi) is 13.7. The van der Waals surface area contributed by atoms with E-state index in [1.54, 1.807) is 42.7 Å². The Morgan fingerprint density at radius 1 is 0.778 bits per heavy atom. The maximum Gasteiger partial charge on any atom is 0.330 e. The van der Waals surface area contributed by atoms with Gasteiger partial charge in [-0.05, 0) is 59.7 Å². The standard InChI is InChI=1S/C44H50N4O5S/c1-6-7-8-9-10-25-53-35-21-19-31(20-22-35)34-27-45-40(46-28-34)33-17-13-30(14-18-33)26-36(47-42(50)37-23-24-38(54-37)44(3,4)5)41(49)48-39(43(51)52)32-15-11-29(2)12-16-32/h11-24,27-28,36,39H,6-10,25-26H2,1-5H3,(H,47,50)(H,48,49)(H,51,52)/t36-,39?/m0/s1. The van der Waals surface area contributed by atoms with E-state index in [2.05, 4.69) is 48.3 Å². The van der Waals surface area contributed by atoms with Crippen LogP contribution in [0.15, 0.2) is 97.3 Å². The number of carbonyl (C=O) groups is 3. The molecule has 1 unspecified atom stereocenters. The number of aryl methyl sites for hydroxylation is 1. The van der Waals surface area contributed by atoms with Crippen LogP contribution in [-0.2, 0) is 21.4 Å². The Morgan fingerprint density at radius 3 is 2.04 bits per heavy atom. The number of carboxylic acids is 1. The molecule has 0 radical (unpaired) electrons. The van der Waals surface area contributed by atoms with E-state index in [4.69, 9.17) is 4.74 Å². The summed E-state index contributed by atoms with van der Waals surface area (Å²) in [5.74, 6) is -0.807. The van der Waals surface area contributed by atoms with Crippen LogP contribution in [0.3, 0.4) is 0 Å². The third-order valence-corrected chi connectivity index (χ3v) is 10.7. The Morgan fingerprint density at radius 2 is 1.43 bits per heavy atom. The molecule has 5 aromatic rings. The second kappa shape index (κ2) is 18.6. The first-order valence-electron chi connectivity index (χ1n) is 18.6. The molecule has 3 aromatic carbocycles. The molecule has 5 rings (SSSR count). The van der Waals surface area contributed by atoms with Crippen LogP contribution in [0.25, 0.3) is 22.5 Å². The van der Waals surface area contributed by atoms with Gasteiger partial charge in [0.25, 0.3) is 5.91 Å². The van der Waals surface area contributed by atoms with E-state index in [1.165, 1.54) is 37.0 Å². The van der Waals surface area contributed by atoms with E-state index in [0.29, 0.717) is 16.3 Å². The fourth-order valence-corrected chi connectivity index (χ4v) is 6.85. The molecular formula is C44H50N4O5S. The Labute approximate surface area is 322 Å². The van der Waals surface area contributed by atoms with Crippen LogP contribution in [0, 0.1) is 6.92 Å². The molecule has 282 valence electrons. The summed E-state index contributed by atoms with van der Waals surface area (Å²) < 4.78 is 5.90. The summed E-state index contributed by atoms with van der Waals surface area (Å²) in [5, 5.41) is 15.6. The summed E-state index contributed by atoms with van der Waals surface area (Å²) in [7, 11) is 0. The highest BCUT2D eigenvalue weighted by atomic mass is 32.1. The van der Waals surface area contributed by atoms with Gasteiger partial charge >= 0.3 is 5.97 Å². The first-order valence-corrected chi connectivity index (χ1v) is 19.4. The van der Waals surface area contributed by atoms with Gasteiger partial charge in [0.15, 0.2) is 11.9 Å². The van der Waals surface area contributed by atoms with Gasteiger partial charge in [0.1, 0.15) is 11.8 Å². The van der Waals surface area contributed by atoms with Crippen molar-refractivity contribution in [2.75, 3.05) is 6.61 Å². The minimum absolute atomic E-state index is 0.133. The van der Waals surface area contributed by atoms with Gasteiger partial charge in [-0.15, -0.1) is 11.3 Å². The van der Waals surface area contributed by atoms with Crippen molar-refractivity contribution in [3.8, 4) is 28.3 Å². The van der Waals surface area contributed by atoms with Crippen LogP contribution in [0.4, 0.5) is 0 Å². The van der Waals surface area contributed by atoms with Crippen molar-refractivity contribution in [1.82, 2.24) is 20.6 Å². The molecule has 2 amide bonds. The lowest BCUT2D eigenvalue weighted by molar-refractivity contribution is -0.142. The molecular weight excluding hydrogens is 697 g/mol. The van der Waals surface area contributed by atoms with Gasteiger partial charge in [-0.1, -0.05) is 120 Å². The van der Waals surface area contributed by atoms with Crippen molar-refractivity contribution in [2.24, 2.45) is 0 Å². The monoisotopic (exact) mass is 746 g/mol. The largest absolute Gasteiger partial charge is 0.494 e. The molecule has 2 heterocycles. The summed E-state index contributed by atoms with van der Waals surface area (Å²) in [4.78, 5) is 50.2. The topological polar surface area (TPSA) is 131 Å². The molecule has 0 aliphatic rings. The summed E-state index contributed by atoms with van der Waals surface area (Å²) in [6.07, 6.45) is 9.70. The molecule has 3 N–H and O–H groups in total. The zero-order valence-electron chi connectivity index (χ0n) is 31.7. The molecule has 0 saturated carbocycles. The maximum absolute atomic E-state index is 13.8. The van der Waals surface area contributed by atoms with Gasteiger partial charge in [0.2, 0.25) is 5.91 Å². The number of aromatic nitrogens is 2. The average Bonchev–Trinajstić information content (AvgIpc) is 3.68. The molecule has 2 atom stereocenters. The van der Waals surface area contributed by atoms with Gasteiger partial charge in [-0.3, -0.25) is 9.59 Å². The zero-order valence-corrected chi connectivity index (χ0v) is 32.5. The number of unbranched alkanes of at least 4 members (excludes halogenated alkanes) is 4. The lowest BCUT2D eigenvalue weighted by Gasteiger charge is -2.22. The number of carbonyl (C=O) groups excluding carboxylic acids is 2. The molecule has 54 heavy (non-hydrogen) atoms. The molecule has 2 aromatic heterocycles. The number of benzene rings is 3. The minimum atomic E-state index is -1.29. The van der Waals surface area contributed by atoms with E-state index in [1.807, 2.05) is 61.5 Å². The number of thiophene rings is 1. The van der Waals surface area contributed by atoms with Crippen LogP contribution in [-0.4, -0.2) is 45.5 Å². The Hall–Kier alpha value is -5.35. The molecule has 0 aliphatic heterocycles. The summed E-state index contributed by atoms with van der Waals surface area (Å²) in [5.41, 5.74) is 4.69. The third kappa shape index (κ3) is 11.1. The summed E-state index contributed by atoms with van der Waals surface area (Å²) in [6, 6.07) is 23.7. The van der Waals surface area contributed by atoms with Gasteiger partial charge in [0.05, 0.1) is 11.5 Å². The highest BCUT2D eigenvalue weighted by Crippen LogP contribution is 2.30. The second-order valence-corrected chi connectivity index (χ2v) is 15.7. The van der Waals surface area contributed by atoms with Gasteiger partial charge in [-0.2, -0.15) is 0 Å². The first-order chi connectivity index (χ1) is 25.9. The van der Waals surface area contributed by atoms with Crippen molar-refractivity contribution in [1.29, 1.82) is 0 Å². The third-order valence-electron chi connectivity index (χ3n) is 9.14. The smallest absolute Gasteiger partial charge is 0.330 e. The molecule has 0 bridgehead atoms. The van der Waals surface area contributed by atoms with E-state index in [0.717, 1.165) is 51.5 Å². The first kappa shape index (κ1) is 39.8. The fourth-order valence-electron chi connectivity index (χ4n) is 5.88. The van der Waals surface area contributed by atoms with E-state index < -0.39 is 29.9 Å². The van der Waals surface area contributed by atoms with Crippen molar-refractivity contribution in [3.63, 3.8) is 0 Å². The number of ether oxygens (including phenoxy) is 1. The van der Waals surface area contributed by atoms with Crippen molar-refractivity contribution >= 4 is 29.1 Å². The van der Waals surface area contributed by atoms with Gasteiger partial charge in [0, 0.05) is 34.8 Å². The van der Waals surface area contributed by atoms with Crippen molar-refractivity contribution in [2.45, 2.75) is 90.6 Å². The minimum Gasteiger partial charge on any atom is -0.494 e. The number of nitrogens with zero attached hydrogens (tertiary/aromatic N) is 2. The normalized spacial score (nSPS) is 12.5. The predicted molar refractivity (Wildman–Crippen MR) is 215 cm³/mol. The van der Waals surface area contributed by atoms with Crippen LogP contribution in [0.5, 0.6) is 5.75 Å². The Bertz CT molecular complexity index is 1980. The van der Waals surface area contributed by atoms with Crippen LogP contribution in [0.1, 0.15) is 97.1 Å². The number of rotatable bonds is 17. The van der Waals surface area contributed by atoms with E-state index in [-0.39, 0.29) is 11.8 Å². The molecule has 0 saturated heterocycles. The van der Waals surface area contributed by atoms with Crippen molar-refractivity contribution < 1.29 is 24.2 Å². The predicted octanol–water partition coefficient (Wildman–Crippen LogP) is 9.11. The number of amides is 2. The summed E-state index contributed by atoms with van der Waals surface area (Å²) in [6.45, 7) is 11.0. The quantitative estimate of drug-likeness (QED) is 0.0810. The highest BCUT2D eigenvalue weighted by molar-refractivity contribution is 7.14. The molecule has 0 aliphatic carbocycles. The van der Waals surface area contributed by atoms with Crippen LogP contribution < -0.4 is 15.4 Å². The second-order valence-electron chi connectivity index (χ2n) is 14.6. The molecule has 0 spiro atoms. The maximum atomic E-state index is 13.8. The molecule has 0 fully saturated rings. The highest BCUT2D eigenvalue weighted by Gasteiger charge is 2.29. The lowest BCUT2D eigenvalue weighted by Crippen LogP contribution is -2.49. The fraction of sp³-hybridized carbons (Fsp3) is 0.341. The SMILES string of the molecule is CCCCCCCOc1ccc(-c2cnc(-c3ccc(C[C@H](NC(=O)c4ccc(C(C)(C)C)s4)C(=O)NC(C(=O)O)c4ccc(C)cc4)cc3)nc2)cc1. The van der Waals surface area contributed by atoms with Crippen LogP contribution >= 0.6 is 11.3 Å².